The number of hydrogen-bond acceptors (Lipinski definition) is 9. The van der Waals surface area contributed by atoms with Crippen LogP contribution in [0.15, 0.2) is 128 Å². The van der Waals surface area contributed by atoms with Crippen LogP contribution in [-0.4, -0.2) is 83.9 Å². The van der Waals surface area contributed by atoms with Gasteiger partial charge in [-0.05, 0) is 85.9 Å². The van der Waals surface area contributed by atoms with Crippen LogP contribution < -0.4 is 21.3 Å². The number of carbonyl (C=O) groups excluding carboxylic acids is 4. The van der Waals surface area contributed by atoms with Crippen molar-refractivity contribution < 1.29 is 45.5 Å². The third kappa shape index (κ3) is 12.2. The van der Waals surface area contributed by atoms with Crippen LogP contribution in [0, 0.1) is 0 Å². The van der Waals surface area contributed by atoms with Crippen molar-refractivity contribution in [3.63, 3.8) is 0 Å². The lowest BCUT2D eigenvalue weighted by Gasteiger charge is -2.17. The SMILES string of the molecule is CCC(=O)c1cnn2c(-c3cccc(C(=O)Nc4cccc(C(F)(F)F)c4)c3)ccnc12.CCN(CC)CCNC(=O)c1cnn2c(-c3cccc(NC(=O)Nc4ccc(Cl)c(C(F)(F)F)c4)c3)ccnc12. The summed E-state index contributed by atoms with van der Waals surface area (Å²) in [5, 5.41) is 18.5. The van der Waals surface area contributed by atoms with E-state index in [9.17, 15) is 45.5 Å². The Balaban J connectivity index is 0.000000216. The van der Waals surface area contributed by atoms with Crippen LogP contribution in [0.1, 0.15) is 69.4 Å². The number of fused-ring (bicyclic) bond motifs is 2. The van der Waals surface area contributed by atoms with Crippen molar-refractivity contribution in [2.24, 2.45) is 0 Å². The number of alkyl halides is 6. The minimum absolute atomic E-state index is 0.0383. The van der Waals surface area contributed by atoms with Gasteiger partial charge < -0.3 is 26.2 Å². The van der Waals surface area contributed by atoms with E-state index >= 15 is 0 Å². The number of nitrogens with zero attached hydrogens (tertiary/aromatic N) is 7. The number of carbonyl (C=O) groups is 4. The molecule has 0 saturated carbocycles. The number of halogens is 7. The van der Waals surface area contributed by atoms with E-state index in [1.807, 2.05) is 0 Å². The number of urea groups is 1. The lowest BCUT2D eigenvalue weighted by Crippen LogP contribution is -2.34. The summed E-state index contributed by atoms with van der Waals surface area (Å²) in [5.41, 5.74) is 2.74. The Morgan fingerprint density at radius 2 is 1.19 bits per heavy atom. The van der Waals surface area contributed by atoms with Crippen LogP contribution in [0.2, 0.25) is 5.02 Å². The van der Waals surface area contributed by atoms with Crippen LogP contribution in [-0.2, 0) is 12.4 Å². The van der Waals surface area contributed by atoms with E-state index in [0.717, 1.165) is 43.9 Å². The monoisotopic (exact) mass is 1010 g/mol. The molecule has 4 N–H and O–H groups in total. The average molecular weight is 1010 g/mol. The van der Waals surface area contributed by atoms with Crippen LogP contribution in [0.4, 0.5) is 48.2 Å². The van der Waals surface area contributed by atoms with E-state index in [1.165, 1.54) is 39.6 Å². The molecule has 72 heavy (non-hydrogen) atoms. The summed E-state index contributed by atoms with van der Waals surface area (Å²) in [6, 6.07) is 23.6. The van der Waals surface area contributed by atoms with Gasteiger partial charge in [-0.25, -0.2) is 23.8 Å². The zero-order chi connectivity index (χ0) is 51.7. The summed E-state index contributed by atoms with van der Waals surface area (Å²) >= 11 is 5.64. The average Bonchev–Trinajstić information content (AvgIpc) is 4.01. The van der Waals surface area contributed by atoms with Crippen LogP contribution >= 0.6 is 11.6 Å². The molecule has 8 rings (SSSR count). The number of nitrogens with one attached hydrogen (secondary N) is 4. The fraction of sp³-hybridized carbons (Fsp3) is 0.200. The number of amides is 4. The van der Waals surface area contributed by atoms with Crippen molar-refractivity contribution in [3.05, 3.63) is 161 Å². The third-order valence-corrected chi connectivity index (χ3v) is 11.4. The molecule has 4 heterocycles. The third-order valence-electron chi connectivity index (χ3n) is 11.1. The number of rotatable bonds is 14. The summed E-state index contributed by atoms with van der Waals surface area (Å²) in [6.45, 7) is 8.87. The maximum Gasteiger partial charge on any atom is 0.417 e. The fourth-order valence-electron chi connectivity index (χ4n) is 7.40. The number of hydrogen-bond donors (Lipinski definition) is 4. The van der Waals surface area contributed by atoms with Crippen molar-refractivity contribution in [1.82, 2.24) is 39.4 Å². The Bertz CT molecular complexity index is 3280. The second kappa shape index (κ2) is 22.3. The molecule has 8 aromatic rings. The second-order valence-corrected chi connectivity index (χ2v) is 16.2. The molecule has 0 aliphatic heterocycles. The predicted octanol–water partition coefficient (Wildman–Crippen LogP) is 11.0. The van der Waals surface area contributed by atoms with E-state index in [4.69, 9.17) is 11.6 Å². The fourth-order valence-corrected chi connectivity index (χ4v) is 7.62. The minimum atomic E-state index is -4.66. The first kappa shape index (κ1) is 51.7. The van der Waals surface area contributed by atoms with Crippen molar-refractivity contribution >= 4 is 63.6 Å². The molecule has 0 saturated heterocycles. The zero-order valence-electron chi connectivity index (χ0n) is 38.6. The Morgan fingerprint density at radius 1 is 0.625 bits per heavy atom. The van der Waals surface area contributed by atoms with Gasteiger partial charge in [0.25, 0.3) is 11.8 Å². The highest BCUT2D eigenvalue weighted by atomic mass is 35.5. The molecule has 4 aromatic heterocycles. The van der Waals surface area contributed by atoms with Crippen molar-refractivity contribution in [1.29, 1.82) is 0 Å². The molecule has 0 radical (unpaired) electrons. The molecule has 15 nitrogen and oxygen atoms in total. The summed E-state index contributed by atoms with van der Waals surface area (Å²) in [4.78, 5) is 60.9. The minimum Gasteiger partial charge on any atom is -0.351 e. The first-order chi connectivity index (χ1) is 34.4. The highest BCUT2D eigenvalue weighted by Crippen LogP contribution is 2.36. The molecular weight excluding hydrogens is 968 g/mol. The maximum atomic E-state index is 13.1. The number of Topliss-reactive ketones (excluding diaryl/α,β-unsaturated/α-hetero) is 1. The largest absolute Gasteiger partial charge is 0.417 e. The molecule has 0 atom stereocenters. The van der Waals surface area contributed by atoms with Gasteiger partial charge in [0.2, 0.25) is 0 Å². The number of ketones is 1. The van der Waals surface area contributed by atoms with Gasteiger partial charge in [0.1, 0.15) is 5.56 Å². The van der Waals surface area contributed by atoms with E-state index in [2.05, 4.69) is 60.2 Å². The highest BCUT2D eigenvalue weighted by Gasteiger charge is 2.34. The van der Waals surface area contributed by atoms with Crippen LogP contribution in [0.25, 0.3) is 33.8 Å². The van der Waals surface area contributed by atoms with E-state index in [0.29, 0.717) is 63.6 Å². The van der Waals surface area contributed by atoms with Crippen molar-refractivity contribution in [2.75, 3.05) is 42.1 Å². The highest BCUT2D eigenvalue weighted by molar-refractivity contribution is 6.31. The van der Waals surface area contributed by atoms with Gasteiger partial charge in [-0.15, -0.1) is 0 Å². The molecule has 4 aromatic carbocycles. The van der Waals surface area contributed by atoms with Crippen LogP contribution in [0.3, 0.4) is 0 Å². The Kier molecular flexibility index (Phi) is 16.0. The molecule has 0 aliphatic carbocycles. The van der Waals surface area contributed by atoms with Gasteiger partial charge in [0.05, 0.1) is 45.5 Å². The molecule has 4 amide bonds. The van der Waals surface area contributed by atoms with Gasteiger partial charge in [-0.1, -0.05) is 62.7 Å². The molecular formula is C50H44ClF6N11O4. The van der Waals surface area contributed by atoms with Gasteiger partial charge in [-0.2, -0.15) is 36.5 Å². The molecule has 22 heteroatoms. The molecule has 0 unspecified atom stereocenters. The Morgan fingerprint density at radius 3 is 1.81 bits per heavy atom. The number of aromatic nitrogens is 6. The number of likely N-dealkylation sites (N-methyl/N-ethyl adjacent to an activating group) is 1. The van der Waals surface area contributed by atoms with E-state index in [-0.39, 0.29) is 28.6 Å². The van der Waals surface area contributed by atoms with Gasteiger partial charge in [-0.3, -0.25) is 14.4 Å². The predicted molar refractivity (Wildman–Crippen MR) is 260 cm³/mol. The lowest BCUT2D eigenvalue weighted by atomic mass is 10.1. The smallest absolute Gasteiger partial charge is 0.351 e. The first-order valence-corrected chi connectivity index (χ1v) is 22.6. The molecule has 0 fully saturated rings. The summed E-state index contributed by atoms with van der Waals surface area (Å²) in [6.07, 6.45) is -2.82. The van der Waals surface area contributed by atoms with Gasteiger partial charge >= 0.3 is 18.4 Å². The second-order valence-electron chi connectivity index (χ2n) is 15.8. The number of benzene rings is 4. The van der Waals surface area contributed by atoms with Crippen LogP contribution in [0.5, 0.6) is 0 Å². The van der Waals surface area contributed by atoms with Crippen molar-refractivity contribution in [3.8, 4) is 22.5 Å². The number of anilines is 3. The zero-order valence-corrected chi connectivity index (χ0v) is 39.3. The normalized spacial score (nSPS) is 11.5. The maximum absolute atomic E-state index is 13.1. The van der Waals surface area contributed by atoms with Crippen molar-refractivity contribution in [2.45, 2.75) is 39.5 Å². The Labute approximate surface area is 412 Å². The molecule has 0 bridgehead atoms. The van der Waals surface area contributed by atoms with E-state index < -0.39 is 40.4 Å². The molecule has 0 aliphatic rings. The summed E-state index contributed by atoms with van der Waals surface area (Å²) in [7, 11) is 0. The standard InChI is InChI=1S/C27H27ClF3N7O2.C23H17F3N4O2/c1-3-37(4-2)13-12-33-25(39)20-16-34-38-23(10-11-32-24(20)38)17-6-5-7-18(14-17)35-26(40)36-19-8-9-22(28)21(15-19)27(29,30)31;1-2-20(31)18-13-28-30-19(9-10-27-21(18)30)14-5-3-6-15(11-14)22(32)29-17-8-4-7-16(12-17)23(24,25)26/h5-11,14-16H,3-4,12-13H2,1-2H3,(H,33,39)(H2,35,36,40);3-13H,2H2,1H3,(H,29,32). The molecule has 0 spiro atoms. The quantitative estimate of drug-likeness (QED) is 0.0609. The van der Waals surface area contributed by atoms with E-state index in [1.54, 1.807) is 80.0 Å². The Hall–Kier alpha value is -8.17. The van der Waals surface area contributed by atoms with Gasteiger partial charge in [0, 0.05) is 65.7 Å². The topological polar surface area (TPSA) is 180 Å². The first-order valence-electron chi connectivity index (χ1n) is 22.2. The van der Waals surface area contributed by atoms with Gasteiger partial charge in [0.15, 0.2) is 17.1 Å². The summed E-state index contributed by atoms with van der Waals surface area (Å²) in [5.74, 6) is -0.924. The summed E-state index contributed by atoms with van der Waals surface area (Å²) < 4.78 is 81.2. The molecule has 372 valence electrons. The lowest BCUT2D eigenvalue weighted by molar-refractivity contribution is -0.138.